The lowest BCUT2D eigenvalue weighted by atomic mass is 10.3. The van der Waals surface area contributed by atoms with E-state index in [4.69, 9.17) is 23.2 Å². The van der Waals surface area contributed by atoms with Gasteiger partial charge in [0.25, 0.3) is 0 Å². The summed E-state index contributed by atoms with van der Waals surface area (Å²) in [4.78, 5) is 0. The smallest absolute Gasteiger partial charge is 0.160 e. The SMILES string of the molecule is Fc1c(Cl)cccc1Cl. The Labute approximate surface area is 62.2 Å². The zero-order chi connectivity index (χ0) is 6.85. The van der Waals surface area contributed by atoms with Crippen molar-refractivity contribution in [2.75, 3.05) is 0 Å². The molecule has 0 atom stereocenters. The summed E-state index contributed by atoms with van der Waals surface area (Å²) in [6.07, 6.45) is 0. The summed E-state index contributed by atoms with van der Waals surface area (Å²) in [5.41, 5.74) is 0. The van der Waals surface area contributed by atoms with Crippen molar-refractivity contribution in [3.63, 3.8) is 0 Å². The van der Waals surface area contributed by atoms with Crippen LogP contribution < -0.4 is 0 Å². The Balaban J connectivity index is 3.25. The standard InChI is InChI=1S/C6H3Cl2F/c7-4-2-1-3-5(8)6(4)9/h1-3H. The molecule has 0 amide bonds. The molecule has 0 aliphatic carbocycles. The fourth-order valence-corrected chi connectivity index (χ4v) is 0.875. The first-order chi connectivity index (χ1) is 4.22. The van der Waals surface area contributed by atoms with Gasteiger partial charge in [-0.1, -0.05) is 29.3 Å². The lowest BCUT2D eigenvalue weighted by Crippen LogP contribution is -1.75. The summed E-state index contributed by atoms with van der Waals surface area (Å²) >= 11 is 10.7. The van der Waals surface area contributed by atoms with Crippen molar-refractivity contribution >= 4 is 23.2 Å². The zero-order valence-electron chi connectivity index (χ0n) is 4.37. The molecule has 0 aliphatic rings. The summed E-state index contributed by atoms with van der Waals surface area (Å²) in [6, 6.07) is 4.49. The van der Waals surface area contributed by atoms with Gasteiger partial charge in [-0.05, 0) is 12.1 Å². The van der Waals surface area contributed by atoms with Crippen LogP contribution in [0.25, 0.3) is 0 Å². The Bertz CT molecular complexity index is 202. The van der Waals surface area contributed by atoms with Crippen LogP contribution in [0.5, 0.6) is 0 Å². The van der Waals surface area contributed by atoms with E-state index in [1.165, 1.54) is 12.1 Å². The third kappa shape index (κ3) is 1.35. The molecule has 0 saturated carbocycles. The van der Waals surface area contributed by atoms with Gasteiger partial charge in [-0.15, -0.1) is 0 Å². The average Bonchev–Trinajstić information content (AvgIpc) is 1.83. The molecule has 0 saturated heterocycles. The summed E-state index contributed by atoms with van der Waals surface area (Å²) in [7, 11) is 0. The van der Waals surface area contributed by atoms with Crippen LogP contribution in [0.1, 0.15) is 0 Å². The van der Waals surface area contributed by atoms with Gasteiger partial charge >= 0.3 is 0 Å². The Morgan fingerprint density at radius 3 is 1.89 bits per heavy atom. The summed E-state index contributed by atoms with van der Waals surface area (Å²) in [5.74, 6) is -0.555. The van der Waals surface area contributed by atoms with Gasteiger partial charge in [0.15, 0.2) is 5.82 Å². The highest BCUT2D eigenvalue weighted by atomic mass is 35.5. The molecule has 3 heteroatoms. The van der Waals surface area contributed by atoms with Crippen molar-refractivity contribution < 1.29 is 4.39 Å². The Hall–Kier alpha value is -0.270. The van der Waals surface area contributed by atoms with Crippen molar-refractivity contribution in [1.82, 2.24) is 0 Å². The summed E-state index contributed by atoms with van der Waals surface area (Å²) in [5, 5.41) is 0.116. The second kappa shape index (κ2) is 2.54. The molecule has 0 fully saturated rings. The minimum Gasteiger partial charge on any atom is -0.204 e. The van der Waals surface area contributed by atoms with Crippen molar-refractivity contribution in [1.29, 1.82) is 0 Å². The van der Waals surface area contributed by atoms with Crippen molar-refractivity contribution in [3.05, 3.63) is 34.1 Å². The Kier molecular flexibility index (Phi) is 1.94. The molecule has 0 bridgehead atoms. The molecular formula is C6H3Cl2F. The lowest BCUT2D eigenvalue weighted by molar-refractivity contribution is 0.629. The maximum absolute atomic E-state index is 12.5. The lowest BCUT2D eigenvalue weighted by Gasteiger charge is -1.92. The third-order valence-electron chi connectivity index (χ3n) is 0.904. The molecular weight excluding hydrogens is 162 g/mol. The molecule has 0 aromatic heterocycles. The fraction of sp³-hybridized carbons (Fsp3) is 0. The summed E-state index contributed by atoms with van der Waals surface area (Å²) < 4.78 is 12.5. The van der Waals surface area contributed by atoms with Crippen LogP contribution in [0, 0.1) is 5.82 Å². The van der Waals surface area contributed by atoms with Crippen molar-refractivity contribution in [2.45, 2.75) is 0 Å². The van der Waals surface area contributed by atoms with Crippen LogP contribution in [0.3, 0.4) is 0 Å². The average molecular weight is 165 g/mol. The molecule has 0 spiro atoms. The van der Waals surface area contributed by atoms with Crippen LogP contribution in [0.2, 0.25) is 10.0 Å². The molecule has 1 rings (SSSR count). The fourth-order valence-electron chi connectivity index (χ4n) is 0.477. The minimum absolute atomic E-state index is 0.0579. The maximum atomic E-state index is 12.5. The molecule has 0 nitrogen and oxygen atoms in total. The Morgan fingerprint density at radius 2 is 1.56 bits per heavy atom. The van der Waals surface area contributed by atoms with E-state index in [0.717, 1.165) is 0 Å². The van der Waals surface area contributed by atoms with Crippen LogP contribution in [-0.4, -0.2) is 0 Å². The summed E-state index contributed by atoms with van der Waals surface area (Å²) in [6.45, 7) is 0. The van der Waals surface area contributed by atoms with E-state index in [-0.39, 0.29) is 10.0 Å². The predicted octanol–water partition coefficient (Wildman–Crippen LogP) is 3.13. The first kappa shape index (κ1) is 6.84. The quantitative estimate of drug-likeness (QED) is 0.518. The second-order valence-corrected chi connectivity index (χ2v) is 2.35. The van der Waals surface area contributed by atoms with Crippen LogP contribution in [0.15, 0.2) is 18.2 Å². The second-order valence-electron chi connectivity index (χ2n) is 1.54. The zero-order valence-corrected chi connectivity index (χ0v) is 5.88. The highest BCUT2D eigenvalue weighted by molar-refractivity contribution is 6.34. The Morgan fingerprint density at radius 1 is 1.11 bits per heavy atom. The number of hydrogen-bond donors (Lipinski definition) is 0. The normalized spacial score (nSPS) is 9.67. The topological polar surface area (TPSA) is 0 Å². The number of benzene rings is 1. The first-order valence-corrected chi connectivity index (χ1v) is 3.07. The van der Waals surface area contributed by atoms with Gasteiger partial charge in [0.2, 0.25) is 0 Å². The molecule has 1 aromatic rings. The van der Waals surface area contributed by atoms with E-state index >= 15 is 0 Å². The van der Waals surface area contributed by atoms with E-state index in [9.17, 15) is 4.39 Å². The van der Waals surface area contributed by atoms with Crippen LogP contribution in [0.4, 0.5) is 4.39 Å². The largest absolute Gasteiger partial charge is 0.204 e. The van der Waals surface area contributed by atoms with Gasteiger partial charge in [-0.3, -0.25) is 0 Å². The molecule has 0 aliphatic heterocycles. The van der Waals surface area contributed by atoms with Crippen molar-refractivity contribution in [2.24, 2.45) is 0 Å². The first-order valence-electron chi connectivity index (χ1n) is 2.31. The predicted molar refractivity (Wildman–Crippen MR) is 36.4 cm³/mol. The molecule has 0 radical (unpaired) electrons. The van der Waals surface area contributed by atoms with Gasteiger partial charge in [0, 0.05) is 0 Å². The van der Waals surface area contributed by atoms with E-state index in [1.54, 1.807) is 6.07 Å². The monoisotopic (exact) mass is 164 g/mol. The highest BCUT2D eigenvalue weighted by Gasteiger charge is 2.00. The van der Waals surface area contributed by atoms with Gasteiger partial charge in [0.05, 0.1) is 10.0 Å². The molecule has 0 N–H and O–H groups in total. The molecule has 9 heavy (non-hydrogen) atoms. The molecule has 0 heterocycles. The van der Waals surface area contributed by atoms with E-state index in [1.807, 2.05) is 0 Å². The number of halogens is 3. The van der Waals surface area contributed by atoms with Gasteiger partial charge < -0.3 is 0 Å². The van der Waals surface area contributed by atoms with Gasteiger partial charge in [-0.25, -0.2) is 4.39 Å². The molecule has 1 aromatic carbocycles. The minimum atomic E-state index is -0.555. The van der Waals surface area contributed by atoms with Crippen LogP contribution in [-0.2, 0) is 0 Å². The van der Waals surface area contributed by atoms with E-state index in [0.29, 0.717) is 0 Å². The number of rotatable bonds is 0. The van der Waals surface area contributed by atoms with E-state index in [2.05, 4.69) is 0 Å². The number of hydrogen-bond acceptors (Lipinski definition) is 0. The third-order valence-corrected chi connectivity index (χ3v) is 1.49. The van der Waals surface area contributed by atoms with Gasteiger partial charge in [0.1, 0.15) is 0 Å². The van der Waals surface area contributed by atoms with Crippen LogP contribution >= 0.6 is 23.2 Å². The maximum Gasteiger partial charge on any atom is 0.160 e. The molecule has 0 unspecified atom stereocenters. The molecule has 48 valence electrons. The van der Waals surface area contributed by atoms with Gasteiger partial charge in [-0.2, -0.15) is 0 Å². The highest BCUT2D eigenvalue weighted by Crippen LogP contribution is 2.21. The van der Waals surface area contributed by atoms with E-state index < -0.39 is 5.82 Å². The van der Waals surface area contributed by atoms with Crippen molar-refractivity contribution in [3.8, 4) is 0 Å².